The second-order valence-corrected chi connectivity index (χ2v) is 20.0. The largest absolute Gasteiger partial charge is 0.308 e. The first-order chi connectivity index (χ1) is 35.1. The minimum Gasteiger partial charge on any atom is -0.308 e. The van der Waals surface area contributed by atoms with E-state index in [2.05, 4.69) is 217 Å². The van der Waals surface area contributed by atoms with Crippen LogP contribution in [-0.4, -0.2) is 19.5 Å². The Hall–Kier alpha value is -9.06. The van der Waals surface area contributed by atoms with Crippen LogP contribution in [0.1, 0.15) is 5.56 Å². The van der Waals surface area contributed by atoms with Gasteiger partial charge in [0.1, 0.15) is 0 Å². The van der Waals surface area contributed by atoms with Crippen LogP contribution in [0.15, 0.2) is 224 Å². The van der Waals surface area contributed by atoms with Gasteiger partial charge in [0, 0.05) is 78.9 Å². The maximum absolute atomic E-state index is 10.2. The highest BCUT2D eigenvalue weighted by molar-refractivity contribution is 7.26. The minimum atomic E-state index is 0.576. The average Bonchev–Trinajstić information content (AvgIpc) is 4.11. The Kier molecular flexibility index (Phi) is 9.56. The first kappa shape index (κ1) is 41.0. The molecule has 0 atom stereocenters. The van der Waals surface area contributed by atoms with Gasteiger partial charge in [-0.3, -0.25) is 0 Å². The van der Waals surface area contributed by atoms with Crippen molar-refractivity contribution in [1.29, 1.82) is 5.26 Å². The van der Waals surface area contributed by atoms with E-state index in [-0.39, 0.29) is 0 Å². The highest BCUT2D eigenvalue weighted by Gasteiger charge is 2.24. The SMILES string of the molecule is N#Cc1ccc2c(c1)c1cc(-c3ccccc3)ccc1n2-c1c(-c2ccccc2)cc(-c2nc(-c3ccc4c(c3)sc3ccccc34)nc(-c3ccc4c(c3)sc3ccccc34)n2)cc1-c1ccccc1. The van der Waals surface area contributed by atoms with E-state index in [0.717, 1.165) is 77.6 Å². The summed E-state index contributed by atoms with van der Waals surface area (Å²) < 4.78 is 7.26. The monoisotopic (exact) mass is 939 g/mol. The molecular formula is C64H37N5S2. The Morgan fingerprint density at radius 1 is 0.324 bits per heavy atom. The smallest absolute Gasteiger partial charge is 0.164 e. The van der Waals surface area contributed by atoms with Crippen LogP contribution >= 0.6 is 22.7 Å². The summed E-state index contributed by atoms with van der Waals surface area (Å²) in [5.41, 5.74) is 12.8. The minimum absolute atomic E-state index is 0.576. The normalized spacial score (nSPS) is 11.6. The van der Waals surface area contributed by atoms with Crippen LogP contribution in [0.3, 0.4) is 0 Å². The summed E-state index contributed by atoms with van der Waals surface area (Å²) in [7, 11) is 0. The molecule has 7 heteroatoms. The zero-order chi connectivity index (χ0) is 47.0. The zero-order valence-electron chi connectivity index (χ0n) is 37.9. The molecule has 14 aromatic rings. The van der Waals surface area contributed by atoms with Crippen LogP contribution in [-0.2, 0) is 0 Å². The van der Waals surface area contributed by atoms with Gasteiger partial charge in [-0.05, 0) is 89.0 Å². The number of nitrogens with zero attached hydrogens (tertiary/aromatic N) is 5. The van der Waals surface area contributed by atoms with Gasteiger partial charge in [0.05, 0.1) is 28.4 Å². The van der Waals surface area contributed by atoms with E-state index in [1.165, 1.54) is 40.3 Å². The molecular weight excluding hydrogens is 903 g/mol. The van der Waals surface area contributed by atoms with Gasteiger partial charge >= 0.3 is 0 Å². The maximum atomic E-state index is 10.2. The quantitative estimate of drug-likeness (QED) is 0.160. The topological polar surface area (TPSA) is 67.4 Å². The Labute approximate surface area is 416 Å². The van der Waals surface area contributed by atoms with Gasteiger partial charge in [0.25, 0.3) is 0 Å². The van der Waals surface area contributed by atoms with E-state index in [4.69, 9.17) is 15.0 Å². The summed E-state index contributed by atoms with van der Waals surface area (Å²) in [6.07, 6.45) is 0. The predicted octanol–water partition coefficient (Wildman–Crippen LogP) is 17.6. The van der Waals surface area contributed by atoms with Crippen molar-refractivity contribution in [2.75, 3.05) is 0 Å². The molecule has 0 saturated heterocycles. The molecule has 0 N–H and O–H groups in total. The third kappa shape index (κ3) is 6.92. The van der Waals surface area contributed by atoms with E-state index in [1.54, 1.807) is 22.7 Å². The molecule has 0 aliphatic carbocycles. The fraction of sp³-hybridized carbons (Fsp3) is 0. The van der Waals surface area contributed by atoms with Crippen molar-refractivity contribution in [1.82, 2.24) is 19.5 Å². The van der Waals surface area contributed by atoms with E-state index < -0.39 is 0 Å². The Bertz CT molecular complexity index is 4280. The van der Waals surface area contributed by atoms with Crippen LogP contribution in [0.2, 0.25) is 0 Å². The first-order valence-corrected chi connectivity index (χ1v) is 25.2. The summed E-state index contributed by atoms with van der Waals surface area (Å²) >= 11 is 3.58. The lowest BCUT2D eigenvalue weighted by molar-refractivity contribution is 1.07. The molecule has 4 heterocycles. The number of benzene rings is 10. The maximum Gasteiger partial charge on any atom is 0.164 e. The van der Waals surface area contributed by atoms with Gasteiger partial charge in [-0.15, -0.1) is 22.7 Å². The lowest BCUT2D eigenvalue weighted by Gasteiger charge is -2.21. The van der Waals surface area contributed by atoms with E-state index in [1.807, 2.05) is 18.2 Å². The van der Waals surface area contributed by atoms with Crippen LogP contribution in [0, 0.1) is 11.3 Å². The van der Waals surface area contributed by atoms with Gasteiger partial charge < -0.3 is 4.57 Å². The molecule has 0 unspecified atom stereocenters. The van der Waals surface area contributed by atoms with Crippen molar-refractivity contribution in [3.05, 3.63) is 230 Å². The molecule has 0 amide bonds. The summed E-state index contributed by atoms with van der Waals surface area (Å²) in [5, 5.41) is 17.2. The summed E-state index contributed by atoms with van der Waals surface area (Å²) in [6.45, 7) is 0. The third-order valence-corrected chi connectivity index (χ3v) is 15.9. The second kappa shape index (κ2) is 16.6. The number of hydrogen-bond donors (Lipinski definition) is 0. The highest BCUT2D eigenvalue weighted by Crippen LogP contribution is 2.45. The van der Waals surface area contributed by atoms with Gasteiger partial charge in [-0.25, -0.2) is 15.0 Å². The first-order valence-electron chi connectivity index (χ1n) is 23.5. The lowest BCUT2D eigenvalue weighted by Crippen LogP contribution is -2.04. The van der Waals surface area contributed by atoms with Crippen LogP contribution in [0.5, 0.6) is 0 Å². The molecule has 5 nitrogen and oxygen atoms in total. The number of aromatic nitrogens is 4. The molecule has 0 radical (unpaired) electrons. The Balaban J connectivity index is 1.05. The Morgan fingerprint density at radius 3 is 1.30 bits per heavy atom. The van der Waals surface area contributed by atoms with Crippen molar-refractivity contribution >= 4 is 84.8 Å². The molecule has 0 bridgehead atoms. The summed E-state index contributed by atoms with van der Waals surface area (Å²) in [5.74, 6) is 1.79. The lowest BCUT2D eigenvalue weighted by atomic mass is 9.92. The molecule has 0 spiro atoms. The number of fused-ring (bicyclic) bond motifs is 9. The number of rotatable bonds is 7. The second-order valence-electron chi connectivity index (χ2n) is 17.9. The standard InChI is InChI=1S/C64H37N5S2/c65-38-39-24-30-55-53(32-39)54-33-43(40-14-4-1-5-15-40)27-31-56(54)69(55)61-51(41-16-6-2-7-17-41)34-46(35-52(61)42-18-8-3-9-19-42)64-67-62(44-25-28-49-47-20-10-12-22-57(47)70-59(49)36-44)66-63(68-64)45-26-29-50-48-21-11-13-23-58(48)71-60(50)37-45/h1-37H. The molecule has 0 fully saturated rings. The zero-order valence-corrected chi connectivity index (χ0v) is 39.5. The average molecular weight is 940 g/mol. The molecule has 0 aliphatic rings. The fourth-order valence-electron chi connectivity index (χ4n) is 10.3. The van der Waals surface area contributed by atoms with Gasteiger partial charge in [0.2, 0.25) is 0 Å². The Morgan fingerprint density at radius 2 is 0.761 bits per heavy atom. The van der Waals surface area contributed by atoms with Gasteiger partial charge in [-0.2, -0.15) is 5.26 Å². The van der Waals surface area contributed by atoms with E-state index in [9.17, 15) is 5.26 Å². The van der Waals surface area contributed by atoms with Crippen molar-refractivity contribution in [3.63, 3.8) is 0 Å². The molecule has 71 heavy (non-hydrogen) atoms. The number of nitriles is 1. The highest BCUT2D eigenvalue weighted by atomic mass is 32.1. The molecule has 10 aromatic carbocycles. The molecule has 14 rings (SSSR count). The van der Waals surface area contributed by atoms with Crippen LogP contribution < -0.4 is 0 Å². The molecule has 330 valence electrons. The van der Waals surface area contributed by atoms with E-state index >= 15 is 0 Å². The van der Waals surface area contributed by atoms with Crippen molar-refractivity contribution in [3.8, 4) is 79.3 Å². The van der Waals surface area contributed by atoms with Crippen LogP contribution in [0.4, 0.5) is 0 Å². The van der Waals surface area contributed by atoms with Crippen LogP contribution in [0.25, 0.3) is 135 Å². The van der Waals surface area contributed by atoms with Crippen molar-refractivity contribution in [2.45, 2.75) is 0 Å². The fourth-order valence-corrected chi connectivity index (χ4v) is 12.6. The summed E-state index contributed by atoms with van der Waals surface area (Å²) in [4.78, 5) is 16.2. The van der Waals surface area contributed by atoms with Crippen molar-refractivity contribution in [2.24, 2.45) is 0 Å². The number of thiophene rings is 2. The third-order valence-electron chi connectivity index (χ3n) is 13.7. The molecule has 4 aromatic heterocycles. The molecule has 0 saturated carbocycles. The summed E-state index contributed by atoms with van der Waals surface area (Å²) in [6, 6.07) is 81.7. The van der Waals surface area contributed by atoms with Gasteiger partial charge in [0.15, 0.2) is 17.5 Å². The van der Waals surface area contributed by atoms with Crippen molar-refractivity contribution < 1.29 is 0 Å². The number of hydrogen-bond acceptors (Lipinski definition) is 6. The van der Waals surface area contributed by atoms with E-state index in [0.29, 0.717) is 23.0 Å². The predicted molar refractivity (Wildman–Crippen MR) is 297 cm³/mol. The molecule has 0 aliphatic heterocycles. The van der Waals surface area contributed by atoms with Gasteiger partial charge in [-0.1, -0.05) is 158 Å².